The highest BCUT2D eigenvalue weighted by Gasteiger charge is 2.09. The first kappa shape index (κ1) is 18.6. The number of halogens is 2. The Morgan fingerprint density at radius 2 is 1.70 bits per heavy atom. The third-order valence-electron chi connectivity index (χ3n) is 2.68. The number of rotatable bonds is 2. The predicted molar refractivity (Wildman–Crippen MR) is 88.9 cm³/mol. The molecule has 0 aliphatic heterocycles. The molecule has 122 valence electrons. The first-order chi connectivity index (χ1) is 10.6. The van der Waals surface area contributed by atoms with Gasteiger partial charge in [-0.15, -0.1) is 0 Å². The van der Waals surface area contributed by atoms with E-state index in [9.17, 15) is 9.90 Å². The smallest absolute Gasteiger partial charge is 0.252 e. The van der Waals surface area contributed by atoms with Crippen LogP contribution < -0.4 is 5.73 Å². The predicted octanol–water partition coefficient (Wildman–Crippen LogP) is 3.28. The highest BCUT2D eigenvalue weighted by atomic mass is 35.5. The van der Waals surface area contributed by atoms with Crippen LogP contribution in [0.4, 0.5) is 0 Å². The fraction of sp³-hybridized carbons (Fsp3) is 0.0667. The highest BCUT2D eigenvalue weighted by molar-refractivity contribution is 6.36. The molecule has 0 aliphatic rings. The number of nitrogens with two attached hydrogens (primary N) is 1. The highest BCUT2D eigenvalue weighted by Crippen LogP contribution is 2.31. The lowest BCUT2D eigenvalue weighted by Gasteiger charge is -2.04. The summed E-state index contributed by atoms with van der Waals surface area (Å²) in [5, 5.41) is 35.1. The molecule has 2 aromatic rings. The van der Waals surface area contributed by atoms with Crippen LogP contribution in [-0.4, -0.2) is 26.9 Å². The van der Waals surface area contributed by atoms with Crippen LogP contribution in [0.5, 0.6) is 17.2 Å². The summed E-state index contributed by atoms with van der Waals surface area (Å²) in [7, 11) is 0. The van der Waals surface area contributed by atoms with Gasteiger partial charge in [-0.2, -0.15) is 0 Å². The number of nitrogens with one attached hydrogen (secondary N) is 1. The average Bonchev–Trinajstić information content (AvgIpc) is 2.45. The number of hydrogen-bond donors (Lipinski definition) is 5. The number of benzene rings is 2. The largest absolute Gasteiger partial charge is 0.508 e. The summed E-state index contributed by atoms with van der Waals surface area (Å²) in [6.45, 7) is 1.56. The van der Waals surface area contributed by atoms with Gasteiger partial charge in [0.2, 0.25) is 0 Å². The Balaban J connectivity index is 0.000000231. The molecule has 0 spiro atoms. The van der Waals surface area contributed by atoms with Gasteiger partial charge in [-0.3, -0.25) is 4.79 Å². The van der Waals surface area contributed by atoms with Gasteiger partial charge in [0.15, 0.2) is 0 Å². The Morgan fingerprint density at radius 3 is 2.17 bits per heavy atom. The van der Waals surface area contributed by atoms with E-state index in [0.717, 1.165) is 6.07 Å². The van der Waals surface area contributed by atoms with Crippen molar-refractivity contribution in [3.63, 3.8) is 0 Å². The van der Waals surface area contributed by atoms with Gasteiger partial charge in [0.05, 0.1) is 10.6 Å². The van der Waals surface area contributed by atoms with Crippen molar-refractivity contribution in [2.45, 2.75) is 6.92 Å². The number of amides is 1. The molecule has 0 aliphatic carbocycles. The normalized spacial score (nSPS) is 9.70. The van der Waals surface area contributed by atoms with Crippen LogP contribution in [0, 0.1) is 5.41 Å². The summed E-state index contributed by atoms with van der Waals surface area (Å²) in [6, 6.07) is 6.52. The third-order valence-corrected chi connectivity index (χ3v) is 3.18. The van der Waals surface area contributed by atoms with Gasteiger partial charge in [-0.1, -0.05) is 23.2 Å². The minimum absolute atomic E-state index is 0.0787. The van der Waals surface area contributed by atoms with Crippen molar-refractivity contribution in [2.24, 2.45) is 5.73 Å². The molecule has 6 nitrogen and oxygen atoms in total. The van der Waals surface area contributed by atoms with E-state index in [1.165, 1.54) is 24.3 Å². The second-order valence-electron chi connectivity index (χ2n) is 4.47. The Kier molecular flexibility index (Phi) is 6.24. The molecule has 0 radical (unpaired) electrons. The summed E-state index contributed by atoms with van der Waals surface area (Å²) >= 11 is 11.3. The van der Waals surface area contributed by atoms with Crippen molar-refractivity contribution in [3.05, 3.63) is 51.5 Å². The van der Waals surface area contributed by atoms with Crippen LogP contribution >= 0.6 is 23.2 Å². The number of phenols is 3. The molecule has 0 heterocycles. The molecule has 0 unspecified atom stereocenters. The van der Waals surface area contributed by atoms with Crippen molar-refractivity contribution >= 4 is 34.8 Å². The molecule has 0 fully saturated rings. The van der Waals surface area contributed by atoms with Crippen molar-refractivity contribution in [3.8, 4) is 17.2 Å². The molecule has 1 amide bonds. The number of carbonyl (C=O) groups is 1. The van der Waals surface area contributed by atoms with Crippen LogP contribution in [-0.2, 0) is 0 Å². The Bertz CT molecular complexity index is 763. The van der Waals surface area contributed by atoms with Crippen LogP contribution in [0.3, 0.4) is 0 Å². The topological polar surface area (TPSA) is 128 Å². The molecule has 2 aromatic carbocycles. The van der Waals surface area contributed by atoms with Gasteiger partial charge >= 0.3 is 0 Å². The van der Waals surface area contributed by atoms with Gasteiger partial charge in [-0.25, -0.2) is 0 Å². The minimum atomic E-state index is -0.765. The van der Waals surface area contributed by atoms with E-state index in [0.29, 0.717) is 10.6 Å². The maximum atomic E-state index is 10.5. The van der Waals surface area contributed by atoms with E-state index < -0.39 is 5.91 Å². The van der Waals surface area contributed by atoms with Crippen molar-refractivity contribution in [2.75, 3.05) is 0 Å². The zero-order valence-corrected chi connectivity index (χ0v) is 13.5. The van der Waals surface area contributed by atoms with E-state index in [1.54, 1.807) is 6.92 Å². The zero-order chi connectivity index (χ0) is 17.7. The molecule has 6 N–H and O–H groups in total. The summed E-state index contributed by atoms with van der Waals surface area (Å²) in [4.78, 5) is 10.5. The van der Waals surface area contributed by atoms with E-state index in [2.05, 4.69) is 0 Å². The fourth-order valence-electron chi connectivity index (χ4n) is 1.57. The number of carbonyl (C=O) groups excluding carboxylic acids is 1. The number of hydrogen-bond acceptors (Lipinski definition) is 5. The lowest BCUT2D eigenvalue weighted by Crippen LogP contribution is -2.10. The standard InChI is InChI=1S/C8H7Cl2NO.C7H7NO3/c1-4(11)6-2-5(9)3-7(10)8(6)12;8-7(11)5-3-4(9)1-2-6(5)10/h2-3,11-12H,1H3;1-3,9-10H,(H2,8,11). The monoisotopic (exact) mass is 356 g/mol. The van der Waals surface area contributed by atoms with E-state index in [1.807, 2.05) is 0 Å². The second-order valence-corrected chi connectivity index (χ2v) is 5.32. The molecule has 0 saturated carbocycles. The maximum Gasteiger partial charge on any atom is 0.252 e. The van der Waals surface area contributed by atoms with Crippen LogP contribution in [0.2, 0.25) is 10.0 Å². The molecular weight excluding hydrogens is 343 g/mol. The maximum absolute atomic E-state index is 10.5. The molecule has 0 aromatic heterocycles. The van der Waals surface area contributed by atoms with Gasteiger partial charge in [0, 0.05) is 16.3 Å². The summed E-state index contributed by atoms with van der Waals surface area (Å²) in [5.74, 6) is -1.18. The molecule has 2 rings (SSSR count). The van der Waals surface area contributed by atoms with Crippen LogP contribution in [0.1, 0.15) is 22.8 Å². The van der Waals surface area contributed by atoms with E-state index >= 15 is 0 Å². The summed E-state index contributed by atoms with van der Waals surface area (Å²) < 4.78 is 0. The molecule has 23 heavy (non-hydrogen) atoms. The molecule has 0 saturated heterocycles. The van der Waals surface area contributed by atoms with Crippen molar-refractivity contribution < 1.29 is 20.1 Å². The lowest BCUT2D eigenvalue weighted by molar-refractivity contribution is 0.0997. The first-order valence-electron chi connectivity index (χ1n) is 6.18. The fourth-order valence-corrected chi connectivity index (χ4v) is 2.07. The second kappa shape index (κ2) is 7.71. The van der Waals surface area contributed by atoms with Crippen molar-refractivity contribution in [1.82, 2.24) is 0 Å². The lowest BCUT2D eigenvalue weighted by atomic mass is 10.1. The third kappa shape index (κ3) is 5.05. The first-order valence-corrected chi connectivity index (χ1v) is 6.94. The molecule has 0 bridgehead atoms. The average molecular weight is 357 g/mol. The van der Waals surface area contributed by atoms with E-state index in [4.69, 9.17) is 44.6 Å². The minimum Gasteiger partial charge on any atom is -0.508 e. The van der Waals surface area contributed by atoms with Gasteiger partial charge in [0.25, 0.3) is 5.91 Å². The van der Waals surface area contributed by atoms with E-state index in [-0.39, 0.29) is 33.5 Å². The van der Waals surface area contributed by atoms with Gasteiger partial charge in [-0.05, 0) is 37.3 Å². The quantitative estimate of drug-likeness (QED) is 0.417. The number of primary amides is 1. The Hall–Kier alpha value is -2.44. The summed E-state index contributed by atoms with van der Waals surface area (Å²) in [5.41, 5.74) is 5.40. The Morgan fingerprint density at radius 1 is 1.09 bits per heavy atom. The van der Waals surface area contributed by atoms with Crippen molar-refractivity contribution in [1.29, 1.82) is 5.41 Å². The molecule has 0 atom stereocenters. The SMILES string of the molecule is CC(=N)c1cc(Cl)cc(Cl)c1O.NC(=O)c1cc(O)ccc1O. The van der Waals surface area contributed by atoms with Crippen LogP contribution in [0.25, 0.3) is 0 Å². The molecular formula is C15H14Cl2N2O4. The molecule has 8 heteroatoms. The zero-order valence-electron chi connectivity index (χ0n) is 12.0. The number of phenolic OH excluding ortho intramolecular Hbond substituents is 2. The van der Waals surface area contributed by atoms with Crippen LogP contribution in [0.15, 0.2) is 30.3 Å². The number of aromatic hydroxyl groups is 3. The van der Waals surface area contributed by atoms with Gasteiger partial charge < -0.3 is 26.5 Å². The Labute approximate surface area is 142 Å². The van der Waals surface area contributed by atoms with Gasteiger partial charge in [0.1, 0.15) is 17.2 Å². The summed E-state index contributed by atoms with van der Waals surface area (Å²) in [6.07, 6.45) is 0.